The van der Waals surface area contributed by atoms with Gasteiger partial charge in [0.1, 0.15) is 0 Å². The van der Waals surface area contributed by atoms with Crippen LogP contribution in [0.5, 0.6) is 0 Å². The van der Waals surface area contributed by atoms with E-state index >= 15 is 0 Å². The third-order valence-corrected chi connectivity index (χ3v) is 3.40. The quantitative estimate of drug-likeness (QED) is 0.857. The Morgan fingerprint density at radius 2 is 1.90 bits per heavy atom. The smallest absolute Gasteiger partial charge is 0.253 e. The maximum Gasteiger partial charge on any atom is 0.253 e. The first-order valence-corrected chi connectivity index (χ1v) is 6.99. The van der Waals surface area contributed by atoms with Crippen LogP contribution >= 0.6 is 0 Å². The first-order chi connectivity index (χ1) is 9.56. The highest BCUT2D eigenvalue weighted by Gasteiger charge is 2.13. The number of carbonyl (C=O) groups excluding carboxylic acids is 1. The summed E-state index contributed by atoms with van der Waals surface area (Å²) < 4.78 is 1.87. The Balaban J connectivity index is 2.38. The van der Waals surface area contributed by atoms with E-state index in [4.69, 9.17) is 0 Å². The average molecular weight is 271 g/mol. The van der Waals surface area contributed by atoms with E-state index in [2.05, 4.69) is 5.10 Å². The first kappa shape index (κ1) is 14.3. The molecule has 1 heterocycles. The van der Waals surface area contributed by atoms with Crippen LogP contribution in [0.4, 0.5) is 0 Å². The lowest BCUT2D eigenvalue weighted by Crippen LogP contribution is -2.30. The molecule has 0 aliphatic carbocycles. The highest BCUT2D eigenvalue weighted by atomic mass is 16.2. The number of benzene rings is 1. The van der Waals surface area contributed by atoms with Gasteiger partial charge in [-0.1, -0.05) is 6.07 Å². The molecule has 20 heavy (non-hydrogen) atoms. The zero-order valence-corrected chi connectivity index (χ0v) is 12.6. The normalized spacial score (nSPS) is 10.6. The minimum Gasteiger partial charge on any atom is -0.339 e. The van der Waals surface area contributed by atoms with Gasteiger partial charge in [-0.05, 0) is 52.0 Å². The van der Waals surface area contributed by atoms with Crippen molar-refractivity contribution in [2.75, 3.05) is 13.1 Å². The van der Waals surface area contributed by atoms with E-state index in [0.717, 1.165) is 30.2 Å². The van der Waals surface area contributed by atoms with Crippen LogP contribution in [0.2, 0.25) is 0 Å². The number of hydrogen-bond acceptors (Lipinski definition) is 2. The largest absolute Gasteiger partial charge is 0.339 e. The van der Waals surface area contributed by atoms with E-state index in [1.807, 2.05) is 67.6 Å². The third-order valence-electron chi connectivity index (χ3n) is 3.40. The summed E-state index contributed by atoms with van der Waals surface area (Å²) in [5, 5.41) is 4.46. The summed E-state index contributed by atoms with van der Waals surface area (Å²) in [6, 6.07) is 9.66. The van der Waals surface area contributed by atoms with Crippen LogP contribution in [0.1, 0.15) is 35.6 Å². The third kappa shape index (κ3) is 2.74. The Morgan fingerprint density at radius 1 is 1.20 bits per heavy atom. The number of aromatic nitrogens is 2. The molecule has 4 nitrogen and oxygen atoms in total. The van der Waals surface area contributed by atoms with E-state index in [1.165, 1.54) is 0 Å². The second kappa shape index (κ2) is 5.90. The van der Waals surface area contributed by atoms with E-state index in [-0.39, 0.29) is 5.91 Å². The number of carbonyl (C=O) groups is 1. The standard InChI is InChI=1S/C16H21N3O/c1-5-18(6-2)16(20)14-8-7-9-15(11-14)19-13(4)10-12(3)17-19/h7-11H,5-6H2,1-4H3. The Hall–Kier alpha value is -2.10. The minimum absolute atomic E-state index is 0.0679. The average Bonchev–Trinajstić information content (AvgIpc) is 2.79. The molecule has 0 N–H and O–H groups in total. The molecule has 0 unspecified atom stereocenters. The Labute approximate surface area is 120 Å². The van der Waals surface area contributed by atoms with E-state index in [1.54, 1.807) is 0 Å². The maximum absolute atomic E-state index is 12.4. The fourth-order valence-corrected chi connectivity index (χ4v) is 2.35. The second-order valence-corrected chi connectivity index (χ2v) is 4.87. The van der Waals surface area contributed by atoms with E-state index < -0.39 is 0 Å². The lowest BCUT2D eigenvalue weighted by Gasteiger charge is -2.19. The van der Waals surface area contributed by atoms with Crippen LogP contribution in [0.25, 0.3) is 5.69 Å². The monoisotopic (exact) mass is 271 g/mol. The van der Waals surface area contributed by atoms with Crippen molar-refractivity contribution in [1.82, 2.24) is 14.7 Å². The number of rotatable bonds is 4. The van der Waals surface area contributed by atoms with Gasteiger partial charge >= 0.3 is 0 Å². The molecular weight excluding hydrogens is 250 g/mol. The zero-order valence-electron chi connectivity index (χ0n) is 12.6. The number of hydrogen-bond donors (Lipinski definition) is 0. The van der Waals surface area contributed by atoms with Crippen molar-refractivity contribution in [3.63, 3.8) is 0 Å². The molecule has 0 saturated carbocycles. The van der Waals surface area contributed by atoms with Gasteiger partial charge in [-0.25, -0.2) is 4.68 Å². The van der Waals surface area contributed by atoms with Crippen molar-refractivity contribution in [1.29, 1.82) is 0 Å². The molecule has 0 aliphatic rings. The molecule has 2 aromatic rings. The molecule has 106 valence electrons. The van der Waals surface area contributed by atoms with Crippen molar-refractivity contribution >= 4 is 5.91 Å². The van der Waals surface area contributed by atoms with Crippen molar-refractivity contribution in [2.24, 2.45) is 0 Å². The van der Waals surface area contributed by atoms with Crippen LogP contribution in [0, 0.1) is 13.8 Å². The molecule has 0 fully saturated rings. The zero-order chi connectivity index (χ0) is 14.7. The molecule has 0 spiro atoms. The summed E-state index contributed by atoms with van der Waals surface area (Å²) in [6.45, 7) is 9.41. The second-order valence-electron chi connectivity index (χ2n) is 4.87. The summed E-state index contributed by atoms with van der Waals surface area (Å²) in [7, 11) is 0. The van der Waals surface area contributed by atoms with Gasteiger partial charge in [-0.15, -0.1) is 0 Å². The molecule has 1 aromatic heterocycles. The predicted octanol–water partition coefficient (Wildman–Crippen LogP) is 2.97. The molecule has 0 saturated heterocycles. The lowest BCUT2D eigenvalue weighted by atomic mass is 10.1. The van der Waals surface area contributed by atoms with Crippen molar-refractivity contribution in [2.45, 2.75) is 27.7 Å². The van der Waals surface area contributed by atoms with Crippen LogP contribution in [-0.2, 0) is 0 Å². The molecule has 1 aromatic carbocycles. The predicted molar refractivity (Wildman–Crippen MR) is 80.3 cm³/mol. The summed E-state index contributed by atoms with van der Waals surface area (Å²) in [5.41, 5.74) is 3.67. The first-order valence-electron chi connectivity index (χ1n) is 6.99. The summed E-state index contributed by atoms with van der Waals surface area (Å²) in [5.74, 6) is 0.0679. The maximum atomic E-state index is 12.4. The van der Waals surface area contributed by atoms with Gasteiger partial charge in [0.2, 0.25) is 0 Å². The lowest BCUT2D eigenvalue weighted by molar-refractivity contribution is 0.0773. The molecule has 2 rings (SSSR count). The molecule has 0 atom stereocenters. The van der Waals surface area contributed by atoms with Gasteiger partial charge < -0.3 is 4.90 Å². The number of amides is 1. The fourth-order valence-electron chi connectivity index (χ4n) is 2.35. The summed E-state index contributed by atoms with van der Waals surface area (Å²) >= 11 is 0. The van der Waals surface area contributed by atoms with E-state index in [0.29, 0.717) is 5.56 Å². The van der Waals surface area contributed by atoms with Gasteiger partial charge in [0, 0.05) is 24.3 Å². The topological polar surface area (TPSA) is 38.1 Å². The Morgan fingerprint density at radius 3 is 2.45 bits per heavy atom. The van der Waals surface area contributed by atoms with Crippen LogP contribution in [0.3, 0.4) is 0 Å². The van der Waals surface area contributed by atoms with Crippen LogP contribution in [0.15, 0.2) is 30.3 Å². The molecule has 1 amide bonds. The van der Waals surface area contributed by atoms with Gasteiger partial charge in [-0.3, -0.25) is 4.79 Å². The summed E-state index contributed by atoms with van der Waals surface area (Å²) in [4.78, 5) is 14.2. The number of nitrogens with zero attached hydrogens (tertiary/aromatic N) is 3. The van der Waals surface area contributed by atoms with Gasteiger partial charge in [0.25, 0.3) is 5.91 Å². The highest BCUT2D eigenvalue weighted by Crippen LogP contribution is 2.15. The van der Waals surface area contributed by atoms with Crippen LogP contribution < -0.4 is 0 Å². The van der Waals surface area contributed by atoms with Crippen LogP contribution in [-0.4, -0.2) is 33.7 Å². The van der Waals surface area contributed by atoms with Crippen molar-refractivity contribution in [3.8, 4) is 5.69 Å². The van der Waals surface area contributed by atoms with Crippen molar-refractivity contribution < 1.29 is 4.79 Å². The Kier molecular flexibility index (Phi) is 4.23. The van der Waals surface area contributed by atoms with E-state index in [9.17, 15) is 4.79 Å². The fraction of sp³-hybridized carbons (Fsp3) is 0.375. The molecular formula is C16H21N3O. The molecule has 0 radical (unpaired) electrons. The molecule has 0 aliphatic heterocycles. The molecule has 4 heteroatoms. The van der Waals surface area contributed by atoms with Gasteiger partial charge in [0.15, 0.2) is 0 Å². The number of aryl methyl sites for hydroxylation is 2. The highest BCUT2D eigenvalue weighted by molar-refractivity contribution is 5.94. The molecule has 0 bridgehead atoms. The van der Waals surface area contributed by atoms with Gasteiger partial charge in [-0.2, -0.15) is 5.10 Å². The van der Waals surface area contributed by atoms with Gasteiger partial charge in [0.05, 0.1) is 11.4 Å². The van der Waals surface area contributed by atoms with Crippen molar-refractivity contribution in [3.05, 3.63) is 47.3 Å². The SMILES string of the molecule is CCN(CC)C(=O)c1cccc(-n2nc(C)cc2C)c1. The summed E-state index contributed by atoms with van der Waals surface area (Å²) in [6.07, 6.45) is 0. The Bertz CT molecular complexity index is 612. The minimum atomic E-state index is 0.0679.